The monoisotopic (exact) mass is 835 g/mol. The minimum Gasteiger partial charge on any atom is -0.462 e. The molecule has 0 saturated carbocycles. The lowest BCUT2D eigenvalue weighted by Gasteiger charge is -2.18. The molecular formula is C53H102O6. The summed E-state index contributed by atoms with van der Waals surface area (Å²) in [5.41, 5.74) is 0. The van der Waals surface area contributed by atoms with Crippen molar-refractivity contribution in [2.75, 3.05) is 13.2 Å². The van der Waals surface area contributed by atoms with E-state index in [2.05, 4.69) is 20.8 Å². The van der Waals surface area contributed by atoms with Crippen molar-refractivity contribution in [2.24, 2.45) is 0 Å². The summed E-state index contributed by atoms with van der Waals surface area (Å²) in [4.78, 5) is 37.9. The van der Waals surface area contributed by atoms with Crippen molar-refractivity contribution in [3.05, 3.63) is 0 Å². The second-order valence-electron chi connectivity index (χ2n) is 18.2. The highest BCUT2D eigenvalue weighted by molar-refractivity contribution is 5.71. The van der Waals surface area contributed by atoms with E-state index in [1.807, 2.05) is 0 Å². The van der Waals surface area contributed by atoms with Gasteiger partial charge in [-0.25, -0.2) is 0 Å². The highest BCUT2D eigenvalue weighted by Gasteiger charge is 2.19. The first kappa shape index (κ1) is 57.4. The fourth-order valence-electron chi connectivity index (χ4n) is 8.09. The fourth-order valence-corrected chi connectivity index (χ4v) is 8.09. The molecule has 0 aromatic heterocycles. The number of hydrogen-bond donors (Lipinski definition) is 0. The van der Waals surface area contributed by atoms with Crippen molar-refractivity contribution in [1.82, 2.24) is 0 Å². The van der Waals surface area contributed by atoms with E-state index in [0.717, 1.165) is 57.8 Å². The molecule has 0 aliphatic carbocycles. The number of rotatable bonds is 49. The van der Waals surface area contributed by atoms with Crippen LogP contribution in [-0.2, 0) is 28.6 Å². The van der Waals surface area contributed by atoms with Crippen LogP contribution in [0, 0.1) is 0 Å². The van der Waals surface area contributed by atoms with E-state index in [-0.39, 0.29) is 31.1 Å². The lowest BCUT2D eigenvalue weighted by atomic mass is 10.0. The molecule has 0 rings (SSSR count). The number of carbonyl (C=O) groups excluding carboxylic acids is 3. The third kappa shape index (κ3) is 47.3. The van der Waals surface area contributed by atoms with Gasteiger partial charge in [0.15, 0.2) is 6.10 Å². The molecule has 0 unspecified atom stereocenters. The lowest BCUT2D eigenvalue weighted by molar-refractivity contribution is -0.167. The van der Waals surface area contributed by atoms with Gasteiger partial charge in [-0.05, 0) is 19.3 Å². The molecule has 0 N–H and O–H groups in total. The maximum atomic E-state index is 12.7. The molecular weight excluding hydrogens is 733 g/mol. The third-order valence-corrected chi connectivity index (χ3v) is 12.1. The van der Waals surface area contributed by atoms with Gasteiger partial charge in [-0.2, -0.15) is 0 Å². The molecule has 0 heterocycles. The Kier molecular flexibility index (Phi) is 47.7. The summed E-state index contributed by atoms with van der Waals surface area (Å²) in [6, 6.07) is 0. The van der Waals surface area contributed by atoms with E-state index in [9.17, 15) is 14.4 Å². The molecule has 0 bridgehead atoms. The number of unbranched alkanes of at least 4 members (excludes halogenated alkanes) is 38. The maximum Gasteiger partial charge on any atom is 0.306 e. The van der Waals surface area contributed by atoms with Crippen LogP contribution < -0.4 is 0 Å². The van der Waals surface area contributed by atoms with Gasteiger partial charge in [0.1, 0.15) is 13.2 Å². The molecule has 1 atom stereocenters. The lowest BCUT2D eigenvalue weighted by Crippen LogP contribution is -2.30. The van der Waals surface area contributed by atoms with Crippen LogP contribution in [0.5, 0.6) is 0 Å². The number of esters is 3. The number of hydrogen-bond acceptors (Lipinski definition) is 6. The summed E-state index contributed by atoms with van der Waals surface area (Å²) >= 11 is 0. The second-order valence-corrected chi connectivity index (χ2v) is 18.2. The van der Waals surface area contributed by atoms with Crippen molar-refractivity contribution in [2.45, 2.75) is 309 Å². The summed E-state index contributed by atoms with van der Waals surface area (Å²) in [6.45, 7) is 6.67. The van der Waals surface area contributed by atoms with E-state index in [1.165, 1.54) is 205 Å². The molecule has 0 spiro atoms. The quantitative estimate of drug-likeness (QED) is 0.0345. The normalized spacial score (nSPS) is 11.8. The van der Waals surface area contributed by atoms with Crippen molar-refractivity contribution < 1.29 is 28.6 Å². The molecule has 0 fully saturated rings. The topological polar surface area (TPSA) is 78.9 Å². The van der Waals surface area contributed by atoms with Crippen LogP contribution in [0.1, 0.15) is 303 Å². The molecule has 6 heteroatoms. The van der Waals surface area contributed by atoms with E-state index >= 15 is 0 Å². The first-order valence-corrected chi connectivity index (χ1v) is 26.5. The van der Waals surface area contributed by atoms with Gasteiger partial charge in [-0.15, -0.1) is 0 Å². The predicted molar refractivity (Wildman–Crippen MR) is 252 cm³/mol. The Hall–Kier alpha value is -1.59. The van der Waals surface area contributed by atoms with Crippen LogP contribution in [0.25, 0.3) is 0 Å². The summed E-state index contributed by atoms with van der Waals surface area (Å²) in [5.74, 6) is -0.842. The zero-order valence-corrected chi connectivity index (χ0v) is 40.1. The van der Waals surface area contributed by atoms with Crippen molar-refractivity contribution >= 4 is 17.9 Å². The SMILES string of the molecule is CCCCCCCCCCCCCCCCCCCC(=O)OC[C@@H](COC(=O)CCCCCCCCCCCCCCCCC)OC(=O)CCCCCCCCCCC. The molecule has 0 aromatic rings. The number of carbonyl (C=O) groups is 3. The standard InChI is InChI=1S/C53H102O6/c1-4-7-10-13-16-19-21-23-25-26-28-30-32-35-37-40-43-46-52(55)58-49-50(59-53(56)47-44-41-38-33-18-15-12-9-6-3)48-57-51(54)45-42-39-36-34-31-29-27-24-22-20-17-14-11-8-5-2/h50H,4-49H2,1-3H3/t50-/m1/s1. The van der Waals surface area contributed by atoms with Gasteiger partial charge in [-0.3, -0.25) is 14.4 Å². The first-order valence-electron chi connectivity index (χ1n) is 26.5. The molecule has 0 radical (unpaired) electrons. The van der Waals surface area contributed by atoms with Gasteiger partial charge in [-0.1, -0.05) is 265 Å². The Morgan fingerprint density at radius 2 is 0.458 bits per heavy atom. The van der Waals surface area contributed by atoms with E-state index in [1.54, 1.807) is 0 Å². The molecule has 0 aromatic carbocycles. The largest absolute Gasteiger partial charge is 0.462 e. The van der Waals surface area contributed by atoms with Crippen LogP contribution in [-0.4, -0.2) is 37.2 Å². The van der Waals surface area contributed by atoms with Crippen LogP contribution in [0.15, 0.2) is 0 Å². The average Bonchev–Trinajstić information content (AvgIpc) is 3.23. The highest BCUT2D eigenvalue weighted by atomic mass is 16.6. The number of ether oxygens (including phenoxy) is 3. The van der Waals surface area contributed by atoms with Gasteiger partial charge >= 0.3 is 17.9 Å². The average molecular weight is 835 g/mol. The minimum atomic E-state index is -0.759. The van der Waals surface area contributed by atoms with Crippen LogP contribution >= 0.6 is 0 Å². The van der Waals surface area contributed by atoms with Gasteiger partial charge < -0.3 is 14.2 Å². The van der Waals surface area contributed by atoms with Gasteiger partial charge in [0.25, 0.3) is 0 Å². The van der Waals surface area contributed by atoms with Crippen LogP contribution in [0.3, 0.4) is 0 Å². The van der Waals surface area contributed by atoms with Crippen LogP contribution in [0.4, 0.5) is 0 Å². The third-order valence-electron chi connectivity index (χ3n) is 12.1. The molecule has 0 aliphatic heterocycles. The van der Waals surface area contributed by atoms with Crippen molar-refractivity contribution in [3.8, 4) is 0 Å². The summed E-state index contributed by atoms with van der Waals surface area (Å²) < 4.78 is 16.8. The fraction of sp³-hybridized carbons (Fsp3) is 0.943. The Bertz CT molecular complexity index is 874. The van der Waals surface area contributed by atoms with E-state index in [4.69, 9.17) is 14.2 Å². The zero-order valence-electron chi connectivity index (χ0n) is 40.1. The van der Waals surface area contributed by atoms with Gasteiger partial charge in [0, 0.05) is 19.3 Å². The predicted octanol–water partition coefficient (Wildman–Crippen LogP) is 17.2. The van der Waals surface area contributed by atoms with Crippen molar-refractivity contribution in [3.63, 3.8) is 0 Å². The zero-order chi connectivity index (χ0) is 43.0. The molecule has 0 amide bonds. The van der Waals surface area contributed by atoms with Gasteiger partial charge in [0.2, 0.25) is 0 Å². The van der Waals surface area contributed by atoms with Crippen molar-refractivity contribution in [1.29, 1.82) is 0 Å². The van der Waals surface area contributed by atoms with Gasteiger partial charge in [0.05, 0.1) is 0 Å². The van der Waals surface area contributed by atoms with E-state index in [0.29, 0.717) is 19.3 Å². The second kappa shape index (κ2) is 49.1. The summed E-state index contributed by atoms with van der Waals surface area (Å²) in [6.07, 6.45) is 52.3. The van der Waals surface area contributed by atoms with E-state index < -0.39 is 6.10 Å². The first-order chi connectivity index (χ1) is 29.0. The molecule has 6 nitrogen and oxygen atoms in total. The highest BCUT2D eigenvalue weighted by Crippen LogP contribution is 2.17. The Labute approximate surface area is 368 Å². The Morgan fingerprint density at radius 1 is 0.271 bits per heavy atom. The molecule has 350 valence electrons. The minimum absolute atomic E-state index is 0.0620. The maximum absolute atomic E-state index is 12.7. The summed E-state index contributed by atoms with van der Waals surface area (Å²) in [7, 11) is 0. The molecule has 59 heavy (non-hydrogen) atoms. The van der Waals surface area contributed by atoms with Crippen LogP contribution in [0.2, 0.25) is 0 Å². The molecule has 0 aliphatic rings. The smallest absolute Gasteiger partial charge is 0.306 e. The summed E-state index contributed by atoms with van der Waals surface area (Å²) in [5, 5.41) is 0. The Morgan fingerprint density at radius 3 is 0.678 bits per heavy atom. The Balaban J connectivity index is 4.21. The molecule has 0 saturated heterocycles.